The predicted octanol–water partition coefficient (Wildman–Crippen LogP) is 1.14. The number of methoxy groups -OCH3 is 2. The highest BCUT2D eigenvalue weighted by atomic mass is 28.2. The van der Waals surface area contributed by atoms with Gasteiger partial charge in [0.15, 0.2) is 0 Å². The minimum absolute atomic E-state index is 0.176. The molecule has 0 unspecified atom stereocenters. The van der Waals surface area contributed by atoms with Crippen LogP contribution in [-0.2, 0) is 19.2 Å². The molecule has 0 fully saturated rings. The van der Waals surface area contributed by atoms with E-state index in [1.807, 2.05) is 25.6 Å². The Morgan fingerprint density at radius 1 is 1.14 bits per heavy atom. The summed E-state index contributed by atoms with van der Waals surface area (Å²) in [5.74, 6) is -0.176. The lowest BCUT2D eigenvalue weighted by Crippen LogP contribution is -2.23. The van der Waals surface area contributed by atoms with Crippen LogP contribution in [-0.4, -0.2) is 42.4 Å². The Kier molecular flexibility index (Phi) is 7.03. The van der Waals surface area contributed by atoms with Gasteiger partial charge >= 0.3 is 0 Å². The Balaban J connectivity index is 3.91. The van der Waals surface area contributed by atoms with Crippen molar-refractivity contribution in [2.75, 3.05) is 21.3 Å². The molecule has 0 aromatic rings. The number of hydrogen-bond donors (Lipinski definition) is 0. The number of rotatable bonds is 7. The van der Waals surface area contributed by atoms with E-state index in [1.54, 1.807) is 14.2 Å². The van der Waals surface area contributed by atoms with Gasteiger partial charge in [0.1, 0.15) is 21.0 Å². The van der Waals surface area contributed by atoms with Crippen LogP contribution in [0.4, 0.5) is 0 Å². The van der Waals surface area contributed by atoms with Crippen LogP contribution in [0.15, 0.2) is 11.8 Å². The topological polar surface area (TPSA) is 36.9 Å². The third kappa shape index (κ3) is 6.28. The van der Waals surface area contributed by atoms with Crippen molar-refractivity contribution in [2.24, 2.45) is 0 Å². The molecule has 0 saturated heterocycles. The van der Waals surface area contributed by atoms with E-state index in [-0.39, 0.29) is 5.91 Å². The number of hydrogen-bond acceptors (Lipinski definition) is 4. The molecule has 0 aliphatic heterocycles. The van der Waals surface area contributed by atoms with Crippen molar-refractivity contribution >= 4 is 9.52 Å². The molecule has 0 saturated carbocycles. The van der Waals surface area contributed by atoms with Gasteiger partial charge in [-0.25, -0.2) is 9.78 Å². The monoisotopic (exact) mass is 218 g/mol. The molecule has 2 radical (unpaired) electrons. The van der Waals surface area contributed by atoms with E-state index in [0.717, 1.165) is 0 Å². The van der Waals surface area contributed by atoms with E-state index in [1.165, 1.54) is 7.11 Å². The Hall–Kier alpha value is -0.203. The van der Waals surface area contributed by atoms with Gasteiger partial charge in [-0.2, -0.15) is 0 Å². The highest BCUT2D eigenvalue weighted by molar-refractivity contribution is 6.43. The normalized spacial score (nSPS) is 13.0. The molecular formula is C9H18O4Si. The molecular weight excluding hydrogens is 200 g/mol. The highest BCUT2D eigenvalue weighted by Crippen LogP contribution is 2.10. The molecule has 0 heterocycles. The summed E-state index contributed by atoms with van der Waals surface area (Å²) in [6.45, 7) is 3.82. The molecule has 0 aromatic carbocycles. The second-order valence-electron chi connectivity index (χ2n) is 3.16. The summed E-state index contributed by atoms with van der Waals surface area (Å²) in [5, 5.41) is 0. The van der Waals surface area contributed by atoms with Crippen molar-refractivity contribution in [3.63, 3.8) is 0 Å². The lowest BCUT2D eigenvalue weighted by molar-refractivity contribution is -0.321. The van der Waals surface area contributed by atoms with Gasteiger partial charge < -0.3 is 9.47 Å². The molecule has 0 rings (SSSR count). The summed E-state index contributed by atoms with van der Waals surface area (Å²) in [7, 11) is 5.17. The maximum Gasteiger partial charge on any atom is 0.147 e. The smallest absolute Gasteiger partial charge is 0.147 e. The molecule has 0 aliphatic rings. The number of ether oxygens (including phenoxy) is 2. The zero-order chi connectivity index (χ0) is 11.0. The third-order valence-electron chi connectivity index (χ3n) is 1.44. The summed E-state index contributed by atoms with van der Waals surface area (Å²) >= 11 is 0. The molecule has 4 nitrogen and oxygen atoms in total. The minimum Gasteiger partial charge on any atom is -0.360 e. The standard InChI is InChI=1S/C9H18O4Si/c1-9(2,13-12-5)6-7-14-8(10-3)11-4/h6-8H,1-5H3. The Morgan fingerprint density at radius 2 is 1.71 bits per heavy atom. The van der Waals surface area contributed by atoms with Gasteiger partial charge in [-0.05, 0) is 13.8 Å². The molecule has 0 atom stereocenters. The lowest BCUT2D eigenvalue weighted by Gasteiger charge is -2.18. The third-order valence-corrected chi connectivity index (χ3v) is 2.55. The van der Waals surface area contributed by atoms with E-state index < -0.39 is 5.60 Å². The summed E-state index contributed by atoms with van der Waals surface area (Å²) in [6.07, 6.45) is 1.92. The molecule has 0 bridgehead atoms. The van der Waals surface area contributed by atoms with Crippen molar-refractivity contribution in [3.05, 3.63) is 11.8 Å². The zero-order valence-electron chi connectivity index (χ0n) is 9.37. The molecule has 14 heavy (non-hydrogen) atoms. The first-order valence-corrected chi connectivity index (χ1v) is 5.42. The first kappa shape index (κ1) is 13.8. The largest absolute Gasteiger partial charge is 0.360 e. The average molecular weight is 218 g/mol. The Bertz CT molecular complexity index is 166. The van der Waals surface area contributed by atoms with Crippen molar-refractivity contribution in [1.29, 1.82) is 0 Å². The van der Waals surface area contributed by atoms with Gasteiger partial charge in [0.25, 0.3) is 0 Å². The fourth-order valence-electron chi connectivity index (χ4n) is 0.802. The summed E-state index contributed by atoms with van der Waals surface area (Å²) in [5.41, 5.74) is 1.55. The van der Waals surface area contributed by atoms with Gasteiger partial charge in [0, 0.05) is 14.2 Å². The summed E-state index contributed by atoms with van der Waals surface area (Å²) in [4.78, 5) is 9.62. The first-order chi connectivity index (χ1) is 6.55. The molecule has 0 spiro atoms. The highest BCUT2D eigenvalue weighted by Gasteiger charge is 2.15. The summed E-state index contributed by atoms with van der Waals surface area (Å²) in [6, 6.07) is 0. The van der Waals surface area contributed by atoms with Gasteiger partial charge in [0.2, 0.25) is 0 Å². The van der Waals surface area contributed by atoms with Crippen LogP contribution < -0.4 is 0 Å². The van der Waals surface area contributed by atoms with Crippen LogP contribution in [0.3, 0.4) is 0 Å². The van der Waals surface area contributed by atoms with Gasteiger partial charge in [0.05, 0.1) is 7.11 Å². The van der Waals surface area contributed by atoms with Crippen molar-refractivity contribution in [1.82, 2.24) is 0 Å². The Morgan fingerprint density at radius 3 is 2.14 bits per heavy atom. The molecule has 0 aliphatic carbocycles. The van der Waals surface area contributed by atoms with Crippen LogP contribution in [0.1, 0.15) is 13.8 Å². The second kappa shape index (κ2) is 7.14. The predicted molar refractivity (Wildman–Crippen MR) is 54.9 cm³/mol. The minimum atomic E-state index is -0.423. The second-order valence-corrected chi connectivity index (χ2v) is 4.29. The maximum absolute atomic E-state index is 5.04. The van der Waals surface area contributed by atoms with E-state index >= 15 is 0 Å². The van der Waals surface area contributed by atoms with Crippen LogP contribution >= 0.6 is 0 Å². The molecule has 82 valence electrons. The SMILES string of the molecule is COOC(C)(C)C=C[Si]C(OC)OC. The van der Waals surface area contributed by atoms with Crippen LogP contribution in [0.2, 0.25) is 0 Å². The molecule has 0 amide bonds. The van der Waals surface area contributed by atoms with E-state index in [9.17, 15) is 0 Å². The molecule has 0 N–H and O–H groups in total. The lowest BCUT2D eigenvalue weighted by atomic mass is 10.1. The van der Waals surface area contributed by atoms with Gasteiger partial charge in [-0.3, -0.25) is 0 Å². The van der Waals surface area contributed by atoms with Crippen molar-refractivity contribution in [3.8, 4) is 0 Å². The molecule has 5 heteroatoms. The van der Waals surface area contributed by atoms with E-state index in [0.29, 0.717) is 9.52 Å². The van der Waals surface area contributed by atoms with Gasteiger partial charge in [-0.15, -0.1) is 0 Å². The summed E-state index contributed by atoms with van der Waals surface area (Å²) < 4.78 is 10.1. The first-order valence-electron chi connectivity index (χ1n) is 4.27. The Labute approximate surface area is 87.9 Å². The van der Waals surface area contributed by atoms with Crippen LogP contribution in [0.5, 0.6) is 0 Å². The van der Waals surface area contributed by atoms with Crippen molar-refractivity contribution in [2.45, 2.75) is 25.4 Å². The fraction of sp³-hybridized carbons (Fsp3) is 0.778. The molecule has 0 aromatic heterocycles. The zero-order valence-corrected chi connectivity index (χ0v) is 10.4. The van der Waals surface area contributed by atoms with E-state index in [2.05, 4.69) is 4.89 Å². The average Bonchev–Trinajstić information content (AvgIpc) is 2.12. The van der Waals surface area contributed by atoms with Crippen LogP contribution in [0, 0.1) is 0 Å². The maximum atomic E-state index is 5.04. The fourth-order valence-corrected chi connectivity index (χ4v) is 1.73. The van der Waals surface area contributed by atoms with E-state index in [4.69, 9.17) is 14.4 Å². The quantitative estimate of drug-likeness (QED) is 0.278. The van der Waals surface area contributed by atoms with Gasteiger partial charge in [-0.1, -0.05) is 11.8 Å². The van der Waals surface area contributed by atoms with Crippen molar-refractivity contribution < 1.29 is 19.2 Å². The van der Waals surface area contributed by atoms with Crippen LogP contribution in [0.25, 0.3) is 0 Å².